The normalized spacial score (nSPS) is 11.0. The first-order valence-electron chi connectivity index (χ1n) is 13.6. The number of aryl methyl sites for hydroxylation is 2. The van der Waals surface area contributed by atoms with Crippen LogP contribution in [-0.4, -0.2) is 42.6 Å². The van der Waals surface area contributed by atoms with Gasteiger partial charge in [0.1, 0.15) is 0 Å². The fourth-order valence-electron chi connectivity index (χ4n) is 3.99. The van der Waals surface area contributed by atoms with Gasteiger partial charge >= 0.3 is 0 Å². The predicted octanol–water partition coefficient (Wildman–Crippen LogP) is 3.81. The number of nitrogens with one attached hydrogen (secondary N) is 4. The number of carbonyl (C=O) groups excluding carboxylic acids is 2. The minimum Gasteiger partial charge on any atom is -0.390 e. The molecule has 0 aliphatic carbocycles. The zero-order chi connectivity index (χ0) is 31.9. The second kappa shape index (κ2) is 16.7. The number of hydrazone groups is 1. The molecule has 12 heteroatoms. The molecule has 0 bridgehead atoms. The fourth-order valence-corrected chi connectivity index (χ4v) is 3.99. The molecule has 0 saturated heterocycles. The van der Waals surface area contributed by atoms with E-state index in [2.05, 4.69) is 44.0 Å². The number of rotatable bonds is 10. The molecule has 226 valence electrons. The summed E-state index contributed by atoms with van der Waals surface area (Å²) in [7, 11) is 1.74. The molecule has 3 rings (SSSR count). The van der Waals surface area contributed by atoms with Crippen molar-refractivity contribution in [3.8, 4) is 0 Å². The highest BCUT2D eigenvalue weighted by atomic mass is 16.2. The minimum absolute atomic E-state index is 0.139. The van der Waals surface area contributed by atoms with Gasteiger partial charge in [0.2, 0.25) is 5.96 Å². The molecular weight excluding hydrogens is 544 g/mol. The molecule has 0 atom stereocenters. The van der Waals surface area contributed by atoms with E-state index >= 15 is 0 Å². The summed E-state index contributed by atoms with van der Waals surface area (Å²) in [5.41, 5.74) is 25.1. The summed E-state index contributed by atoms with van der Waals surface area (Å²) < 4.78 is 0. The van der Waals surface area contributed by atoms with Crippen molar-refractivity contribution in [2.75, 3.05) is 17.7 Å². The zero-order valence-corrected chi connectivity index (χ0v) is 25.2. The molecule has 0 saturated carbocycles. The van der Waals surface area contributed by atoms with Gasteiger partial charge in [-0.2, -0.15) is 10.2 Å². The van der Waals surface area contributed by atoms with Crippen LogP contribution in [0.1, 0.15) is 70.7 Å². The van der Waals surface area contributed by atoms with Gasteiger partial charge in [0.15, 0.2) is 0 Å². The number of hydrogen-bond acceptors (Lipinski definition) is 7. The Hall–Kier alpha value is -5.52. The zero-order valence-electron chi connectivity index (χ0n) is 25.2. The van der Waals surface area contributed by atoms with Crippen LogP contribution in [0.15, 0.2) is 76.0 Å². The van der Waals surface area contributed by atoms with Crippen LogP contribution in [0, 0.1) is 5.41 Å². The van der Waals surface area contributed by atoms with Crippen LogP contribution >= 0.6 is 0 Å². The fraction of sp³-hybridized carbons (Fsp3) is 0.226. The summed E-state index contributed by atoms with van der Waals surface area (Å²) in [6, 6.07) is 18.1. The second-order valence-corrected chi connectivity index (χ2v) is 9.33. The number of nitrogens with zero attached hydrogens (tertiary/aromatic N) is 3. The van der Waals surface area contributed by atoms with E-state index in [4.69, 9.17) is 16.9 Å². The van der Waals surface area contributed by atoms with Crippen molar-refractivity contribution in [1.29, 1.82) is 5.41 Å². The first-order valence-corrected chi connectivity index (χ1v) is 13.6. The summed E-state index contributed by atoms with van der Waals surface area (Å²) in [6.07, 6.45) is 2.31. The first-order chi connectivity index (χ1) is 20.5. The molecule has 0 heterocycles. The van der Waals surface area contributed by atoms with E-state index in [1.807, 2.05) is 44.2 Å². The number of benzene rings is 3. The van der Waals surface area contributed by atoms with Crippen LogP contribution in [0.25, 0.3) is 0 Å². The monoisotopic (exact) mass is 584 g/mol. The Morgan fingerprint density at radius 1 is 0.767 bits per heavy atom. The number of guanidine groups is 1. The van der Waals surface area contributed by atoms with E-state index < -0.39 is 0 Å². The van der Waals surface area contributed by atoms with Gasteiger partial charge in [-0.05, 0) is 104 Å². The van der Waals surface area contributed by atoms with Gasteiger partial charge in [-0.25, -0.2) is 0 Å². The molecule has 0 aliphatic rings. The molecule has 12 nitrogen and oxygen atoms in total. The van der Waals surface area contributed by atoms with Crippen LogP contribution < -0.4 is 33.3 Å². The lowest BCUT2D eigenvalue weighted by molar-refractivity contribution is 0.102. The second-order valence-electron chi connectivity index (χ2n) is 9.33. The van der Waals surface area contributed by atoms with E-state index in [9.17, 15) is 9.59 Å². The lowest BCUT2D eigenvalue weighted by Gasteiger charge is -2.12. The Kier molecular flexibility index (Phi) is 13.1. The molecule has 0 spiro atoms. The number of anilines is 2. The molecule has 0 fully saturated rings. The Balaban J connectivity index is 0.00000206. The molecule has 43 heavy (non-hydrogen) atoms. The van der Waals surface area contributed by atoms with Gasteiger partial charge in [-0.3, -0.25) is 15.0 Å². The van der Waals surface area contributed by atoms with E-state index in [1.54, 1.807) is 44.3 Å². The van der Waals surface area contributed by atoms with Crippen LogP contribution in [0.2, 0.25) is 0 Å². The third-order valence-corrected chi connectivity index (χ3v) is 6.14. The summed E-state index contributed by atoms with van der Waals surface area (Å²) in [6.45, 7) is 7.75. The SMILES string of the molecule is CCc1cc(NC(=O)c2cccc(C(=O)Nc3cc(CC)cc(/C(C)=N/N=C(N)N)c3)c2)cc(/C(C)=N\NC)c1.N=CN. The first kappa shape index (κ1) is 33.7. The van der Waals surface area contributed by atoms with E-state index in [1.165, 1.54) is 0 Å². The molecular formula is C31H40N10O2. The number of hydrogen-bond donors (Lipinski definition) is 7. The third kappa shape index (κ3) is 10.4. The van der Waals surface area contributed by atoms with Crippen molar-refractivity contribution in [2.24, 2.45) is 32.5 Å². The van der Waals surface area contributed by atoms with Crippen molar-refractivity contribution < 1.29 is 9.59 Å². The van der Waals surface area contributed by atoms with Gasteiger partial charge in [-0.1, -0.05) is 19.9 Å². The average molecular weight is 585 g/mol. The van der Waals surface area contributed by atoms with Crippen molar-refractivity contribution >= 4 is 46.9 Å². The van der Waals surface area contributed by atoms with Gasteiger partial charge in [-0.15, -0.1) is 5.10 Å². The Labute approximate surface area is 252 Å². The number of carbonyl (C=O) groups is 2. The van der Waals surface area contributed by atoms with Crippen LogP contribution in [-0.2, 0) is 12.8 Å². The smallest absolute Gasteiger partial charge is 0.255 e. The molecule has 0 aromatic heterocycles. The van der Waals surface area contributed by atoms with Crippen LogP contribution in [0.4, 0.5) is 11.4 Å². The lowest BCUT2D eigenvalue weighted by atomic mass is 10.0. The molecule has 0 radical (unpaired) electrons. The Bertz CT molecular complexity index is 1540. The van der Waals surface area contributed by atoms with Gasteiger partial charge in [0, 0.05) is 29.5 Å². The molecule has 10 N–H and O–H groups in total. The summed E-state index contributed by atoms with van der Waals surface area (Å²) in [4.78, 5) is 26.3. The van der Waals surface area contributed by atoms with Crippen molar-refractivity contribution in [1.82, 2.24) is 5.43 Å². The summed E-state index contributed by atoms with van der Waals surface area (Å²) >= 11 is 0. The van der Waals surface area contributed by atoms with Crippen molar-refractivity contribution in [2.45, 2.75) is 40.5 Å². The Morgan fingerprint density at radius 2 is 1.23 bits per heavy atom. The standard InChI is InChI=1S/C30H36N8O2.CH4N2/c1-6-20-11-24(18(3)36-33-5)16-26(13-20)34-28(39)22-9-8-10-23(15-22)29(40)35-27-14-21(7-2)12-25(17-27)19(4)37-38-30(31)32;2-1-3/h8-17,33H,6-7H2,1-5H3,(H,34,39)(H,35,40)(H4,31,32,38);1H,(H3,2,3)/b36-18-,37-19+;. The van der Waals surface area contributed by atoms with E-state index in [-0.39, 0.29) is 17.8 Å². The molecule has 3 aromatic carbocycles. The predicted molar refractivity (Wildman–Crippen MR) is 176 cm³/mol. The maximum absolute atomic E-state index is 13.2. The van der Waals surface area contributed by atoms with E-state index in [0.717, 1.165) is 47.1 Å². The van der Waals surface area contributed by atoms with Gasteiger partial charge in [0.05, 0.1) is 17.8 Å². The van der Waals surface area contributed by atoms with Crippen LogP contribution in [0.3, 0.4) is 0 Å². The maximum Gasteiger partial charge on any atom is 0.255 e. The summed E-state index contributed by atoms with van der Waals surface area (Å²) in [5.74, 6) is -0.805. The van der Waals surface area contributed by atoms with Gasteiger partial charge < -0.3 is 33.3 Å². The topological polar surface area (TPSA) is 209 Å². The van der Waals surface area contributed by atoms with Crippen molar-refractivity contribution in [3.63, 3.8) is 0 Å². The highest BCUT2D eigenvalue weighted by Crippen LogP contribution is 2.20. The molecule has 3 aromatic rings. The quantitative estimate of drug-likeness (QED) is 0.107. The molecule has 0 unspecified atom stereocenters. The molecule has 2 amide bonds. The maximum atomic E-state index is 13.2. The molecule has 0 aliphatic heterocycles. The highest BCUT2D eigenvalue weighted by Gasteiger charge is 2.14. The van der Waals surface area contributed by atoms with Gasteiger partial charge in [0.25, 0.3) is 11.8 Å². The van der Waals surface area contributed by atoms with Crippen molar-refractivity contribution in [3.05, 3.63) is 94.0 Å². The lowest BCUT2D eigenvalue weighted by Crippen LogP contribution is -2.22. The number of amides is 2. The average Bonchev–Trinajstić information content (AvgIpc) is 2.99. The number of nitrogens with two attached hydrogens (primary N) is 3. The Morgan fingerprint density at radius 3 is 1.65 bits per heavy atom. The summed E-state index contributed by atoms with van der Waals surface area (Å²) in [5, 5.41) is 23.7. The third-order valence-electron chi connectivity index (χ3n) is 6.14. The van der Waals surface area contributed by atoms with E-state index in [0.29, 0.717) is 28.2 Å². The minimum atomic E-state index is -0.346. The largest absolute Gasteiger partial charge is 0.390 e. The highest BCUT2D eigenvalue weighted by molar-refractivity contribution is 6.10. The van der Waals surface area contributed by atoms with Crippen LogP contribution in [0.5, 0.6) is 0 Å².